The van der Waals surface area contributed by atoms with Crippen molar-refractivity contribution in [2.75, 3.05) is 40.6 Å². The van der Waals surface area contributed by atoms with Crippen LogP contribution >= 0.6 is 0 Å². The molecule has 0 radical (unpaired) electrons. The van der Waals surface area contributed by atoms with E-state index in [1.54, 1.807) is 0 Å². The lowest BCUT2D eigenvalue weighted by atomic mass is 10.0. The van der Waals surface area contributed by atoms with Crippen molar-refractivity contribution in [1.82, 2.24) is 10.4 Å². The molecular formula is C11H18N2O6. The summed E-state index contributed by atoms with van der Waals surface area (Å²) in [5.41, 5.74) is 2.39. The fraction of sp³-hybridized carbons (Fsp3) is 0.727. The first-order chi connectivity index (χ1) is 9.08. The molecule has 0 bridgehead atoms. The number of hydrogen-bond donors (Lipinski definition) is 1. The molecule has 19 heavy (non-hydrogen) atoms. The summed E-state index contributed by atoms with van der Waals surface area (Å²) in [5.74, 6) is -1.96. The summed E-state index contributed by atoms with van der Waals surface area (Å²) in [5, 5.41) is 1.08. The number of hydrazine groups is 1. The molecule has 0 spiro atoms. The van der Waals surface area contributed by atoms with E-state index in [9.17, 15) is 14.4 Å². The summed E-state index contributed by atoms with van der Waals surface area (Å²) in [6.45, 7) is 0.567. The third kappa shape index (κ3) is 4.84. The van der Waals surface area contributed by atoms with E-state index in [1.165, 1.54) is 14.2 Å². The van der Waals surface area contributed by atoms with Gasteiger partial charge in [0.1, 0.15) is 6.61 Å². The van der Waals surface area contributed by atoms with Crippen molar-refractivity contribution in [3.8, 4) is 0 Å². The van der Waals surface area contributed by atoms with Gasteiger partial charge in [-0.15, -0.1) is 0 Å². The molecule has 0 aliphatic carbocycles. The number of esters is 1. The van der Waals surface area contributed by atoms with E-state index in [2.05, 4.69) is 10.2 Å². The Bertz CT molecular complexity index is 346. The highest BCUT2D eigenvalue weighted by Crippen LogP contribution is 2.12. The van der Waals surface area contributed by atoms with Crippen LogP contribution in [0.15, 0.2) is 0 Å². The van der Waals surface area contributed by atoms with E-state index < -0.39 is 23.7 Å². The molecule has 1 saturated heterocycles. The van der Waals surface area contributed by atoms with Crippen molar-refractivity contribution >= 4 is 17.8 Å². The molecule has 2 amide bonds. The van der Waals surface area contributed by atoms with Crippen molar-refractivity contribution in [3.05, 3.63) is 0 Å². The van der Waals surface area contributed by atoms with Gasteiger partial charge in [-0.1, -0.05) is 0 Å². The third-order valence-electron chi connectivity index (χ3n) is 2.59. The van der Waals surface area contributed by atoms with E-state index in [0.29, 0.717) is 6.61 Å². The molecule has 8 heteroatoms. The Hall–Kier alpha value is -1.67. The predicted octanol–water partition coefficient (Wildman–Crippen LogP) is -1.30. The second-order valence-electron chi connectivity index (χ2n) is 4.01. The van der Waals surface area contributed by atoms with E-state index in [1.807, 2.05) is 0 Å². The molecule has 0 aromatic carbocycles. The Morgan fingerprint density at radius 1 is 1.37 bits per heavy atom. The molecule has 0 aromatic heterocycles. The average molecular weight is 274 g/mol. The molecule has 1 atom stereocenters. The van der Waals surface area contributed by atoms with Crippen LogP contribution < -0.4 is 5.43 Å². The van der Waals surface area contributed by atoms with Crippen LogP contribution in [-0.4, -0.2) is 63.4 Å². The first kappa shape index (κ1) is 15.4. The second-order valence-corrected chi connectivity index (χ2v) is 4.01. The maximum atomic E-state index is 11.8. The Balaban J connectivity index is 2.45. The van der Waals surface area contributed by atoms with Crippen molar-refractivity contribution < 1.29 is 28.6 Å². The normalized spacial score (nSPS) is 18.9. The van der Waals surface area contributed by atoms with Crippen molar-refractivity contribution in [2.45, 2.75) is 6.42 Å². The topological polar surface area (TPSA) is 94.2 Å². The zero-order valence-corrected chi connectivity index (χ0v) is 11.0. The number of carbonyl (C=O) groups excluding carboxylic acids is 3. The molecular weight excluding hydrogens is 256 g/mol. The van der Waals surface area contributed by atoms with Gasteiger partial charge >= 0.3 is 5.97 Å². The van der Waals surface area contributed by atoms with Gasteiger partial charge in [-0.25, -0.2) is 0 Å². The van der Waals surface area contributed by atoms with Gasteiger partial charge in [0.25, 0.3) is 5.91 Å². The van der Waals surface area contributed by atoms with Crippen molar-refractivity contribution in [2.24, 2.45) is 5.92 Å². The number of amides is 2. The van der Waals surface area contributed by atoms with E-state index in [-0.39, 0.29) is 26.2 Å². The van der Waals surface area contributed by atoms with E-state index >= 15 is 0 Å². The third-order valence-corrected chi connectivity index (χ3v) is 2.59. The Morgan fingerprint density at radius 2 is 2.11 bits per heavy atom. The molecule has 8 nitrogen and oxygen atoms in total. The zero-order valence-electron chi connectivity index (χ0n) is 11.0. The molecule has 0 saturated carbocycles. The SMILES string of the molecule is COCCOCC(=O)N1CC(C(=O)OC)CC(=O)N1. The van der Waals surface area contributed by atoms with Crippen LogP contribution in [-0.2, 0) is 28.6 Å². The number of nitrogens with zero attached hydrogens (tertiary/aromatic N) is 1. The molecule has 1 aliphatic heterocycles. The first-order valence-corrected chi connectivity index (χ1v) is 5.82. The minimum Gasteiger partial charge on any atom is -0.469 e. The molecule has 1 rings (SSSR count). The predicted molar refractivity (Wildman–Crippen MR) is 62.7 cm³/mol. The van der Waals surface area contributed by atoms with Gasteiger partial charge in [0.2, 0.25) is 5.91 Å². The first-order valence-electron chi connectivity index (χ1n) is 5.82. The van der Waals surface area contributed by atoms with Crippen LogP contribution in [0.25, 0.3) is 0 Å². The highest BCUT2D eigenvalue weighted by atomic mass is 16.5. The fourth-order valence-corrected chi connectivity index (χ4v) is 1.62. The lowest BCUT2D eigenvalue weighted by Crippen LogP contribution is -2.55. The number of nitrogens with one attached hydrogen (secondary N) is 1. The van der Waals surface area contributed by atoms with Gasteiger partial charge in [0.15, 0.2) is 0 Å². The molecule has 1 N–H and O–H groups in total. The molecule has 0 aromatic rings. The van der Waals surface area contributed by atoms with Gasteiger partial charge in [-0.2, -0.15) is 0 Å². The lowest BCUT2D eigenvalue weighted by Gasteiger charge is -2.31. The number of hydrogen-bond acceptors (Lipinski definition) is 6. The van der Waals surface area contributed by atoms with Crippen LogP contribution in [0.1, 0.15) is 6.42 Å². The van der Waals surface area contributed by atoms with E-state index in [0.717, 1.165) is 5.01 Å². The summed E-state index contributed by atoms with van der Waals surface area (Å²) in [7, 11) is 2.77. The number of ether oxygens (including phenoxy) is 3. The van der Waals surface area contributed by atoms with Gasteiger partial charge in [0.05, 0.1) is 32.8 Å². The minimum atomic E-state index is -0.637. The Morgan fingerprint density at radius 3 is 2.74 bits per heavy atom. The standard InChI is InChI=1S/C11H18N2O6/c1-17-3-4-19-7-10(15)13-6-8(11(16)18-2)5-9(14)12-13/h8H,3-7H2,1-2H3,(H,12,14). The monoisotopic (exact) mass is 274 g/mol. The molecule has 1 aliphatic rings. The second kappa shape index (κ2) is 7.70. The quantitative estimate of drug-likeness (QED) is 0.478. The zero-order chi connectivity index (χ0) is 14.3. The molecule has 1 fully saturated rings. The number of rotatable bonds is 6. The maximum Gasteiger partial charge on any atom is 0.311 e. The van der Waals surface area contributed by atoms with Crippen LogP contribution in [0.3, 0.4) is 0 Å². The number of methoxy groups -OCH3 is 2. The van der Waals surface area contributed by atoms with E-state index in [4.69, 9.17) is 9.47 Å². The molecule has 1 heterocycles. The summed E-state index contributed by atoms with van der Waals surface area (Å²) in [6.07, 6.45) is 0.0149. The van der Waals surface area contributed by atoms with Gasteiger partial charge in [-0.05, 0) is 0 Å². The largest absolute Gasteiger partial charge is 0.469 e. The van der Waals surface area contributed by atoms with Crippen molar-refractivity contribution in [3.63, 3.8) is 0 Å². The maximum absolute atomic E-state index is 11.8. The summed E-state index contributed by atoms with van der Waals surface area (Å²) in [4.78, 5) is 34.6. The Kier molecular flexibility index (Phi) is 6.23. The van der Waals surface area contributed by atoms with Crippen molar-refractivity contribution in [1.29, 1.82) is 0 Å². The van der Waals surface area contributed by atoms with Gasteiger partial charge < -0.3 is 14.2 Å². The summed E-state index contributed by atoms with van der Waals surface area (Å²) < 4.78 is 14.4. The van der Waals surface area contributed by atoms with Crippen LogP contribution in [0, 0.1) is 5.92 Å². The Labute approximate surface area is 110 Å². The van der Waals surface area contributed by atoms with Gasteiger partial charge in [0, 0.05) is 13.5 Å². The fourth-order valence-electron chi connectivity index (χ4n) is 1.62. The highest BCUT2D eigenvalue weighted by molar-refractivity contribution is 5.88. The van der Waals surface area contributed by atoms with Crippen LogP contribution in [0.5, 0.6) is 0 Å². The van der Waals surface area contributed by atoms with Gasteiger partial charge in [-0.3, -0.25) is 24.8 Å². The molecule has 108 valence electrons. The average Bonchev–Trinajstić information content (AvgIpc) is 2.41. The lowest BCUT2D eigenvalue weighted by molar-refractivity contribution is -0.158. The minimum absolute atomic E-state index is 0.0149. The smallest absolute Gasteiger partial charge is 0.311 e. The molecule has 1 unspecified atom stereocenters. The number of carbonyl (C=O) groups is 3. The van der Waals surface area contributed by atoms with Crippen LogP contribution in [0.4, 0.5) is 0 Å². The van der Waals surface area contributed by atoms with Crippen LogP contribution in [0.2, 0.25) is 0 Å². The highest BCUT2D eigenvalue weighted by Gasteiger charge is 2.33. The summed E-state index contributed by atoms with van der Waals surface area (Å²) in [6, 6.07) is 0. The summed E-state index contributed by atoms with van der Waals surface area (Å²) >= 11 is 0.